The van der Waals surface area contributed by atoms with Gasteiger partial charge in [-0.05, 0) is 37.3 Å². The Bertz CT molecular complexity index is 1620. The largest absolute Gasteiger partial charge is 0.465 e. The molecule has 2 amide bonds. The van der Waals surface area contributed by atoms with Crippen LogP contribution in [0.15, 0.2) is 52.5 Å². The molecule has 1 aromatic heterocycles. The number of fused-ring (bicyclic) bond motifs is 1. The van der Waals surface area contributed by atoms with Gasteiger partial charge in [-0.25, -0.2) is 9.18 Å². The van der Waals surface area contributed by atoms with Gasteiger partial charge in [-0.3, -0.25) is 18.6 Å². The Balaban J connectivity index is 1.90. The average molecular weight is 579 g/mol. The maximum atomic E-state index is 13.8. The normalized spacial score (nSPS) is 16.8. The van der Waals surface area contributed by atoms with Crippen molar-refractivity contribution in [2.45, 2.75) is 23.9 Å². The Kier molecular flexibility index (Phi) is 7.52. The van der Waals surface area contributed by atoms with Gasteiger partial charge in [0.1, 0.15) is 27.7 Å². The monoisotopic (exact) mass is 578 g/mol. The summed E-state index contributed by atoms with van der Waals surface area (Å²) in [5, 5.41) is 17.7. The molecule has 4 N–H and O–H groups in total. The number of hydrogen-bond acceptors (Lipinski definition) is 8. The standard InChI is InChI=1S/C23H21ClFN7O6S/c1-13-2-5-15(6-3-13)39(36,37)38-12-23(10-28-30-27)11-31(22(34)35)9-18-19(21(26)33)20(29-32(18)23)14-4-7-17(25)16(24)8-14/h2-8,27H,9-12H2,1H3,(H2-,26,33,34,35)/p+1. The zero-order valence-corrected chi connectivity index (χ0v) is 21.9. The highest BCUT2D eigenvalue weighted by atomic mass is 35.5. The number of carbonyl (C=O) groups is 2. The Morgan fingerprint density at radius 2 is 2.00 bits per heavy atom. The van der Waals surface area contributed by atoms with Crippen LogP contribution in [-0.2, 0) is 26.4 Å². The lowest BCUT2D eigenvalue weighted by Crippen LogP contribution is -2.57. The maximum absolute atomic E-state index is 13.8. The van der Waals surface area contributed by atoms with E-state index in [1.807, 2.05) is 0 Å². The van der Waals surface area contributed by atoms with E-state index in [2.05, 4.69) is 15.1 Å². The van der Waals surface area contributed by atoms with Gasteiger partial charge in [-0.2, -0.15) is 13.5 Å². The zero-order chi connectivity index (χ0) is 28.5. The minimum absolute atomic E-state index is 0.0168. The maximum Gasteiger partial charge on any atom is 0.407 e. The fourth-order valence-corrected chi connectivity index (χ4v) is 5.45. The van der Waals surface area contributed by atoms with Crippen molar-refractivity contribution in [1.29, 1.82) is 5.53 Å². The molecule has 16 heteroatoms. The molecule has 0 saturated carbocycles. The van der Waals surface area contributed by atoms with Gasteiger partial charge in [0.15, 0.2) is 6.54 Å². The number of aryl methyl sites for hydroxylation is 1. The van der Waals surface area contributed by atoms with Crippen molar-refractivity contribution in [3.63, 3.8) is 0 Å². The van der Waals surface area contributed by atoms with Crippen LogP contribution < -0.4 is 10.6 Å². The molecule has 204 valence electrons. The molecule has 0 aliphatic carbocycles. The first-order chi connectivity index (χ1) is 18.4. The van der Waals surface area contributed by atoms with E-state index >= 15 is 0 Å². The van der Waals surface area contributed by atoms with E-state index in [0.717, 1.165) is 16.5 Å². The van der Waals surface area contributed by atoms with Crippen molar-refractivity contribution in [2.75, 3.05) is 19.7 Å². The minimum atomic E-state index is -4.34. The van der Waals surface area contributed by atoms with Crippen molar-refractivity contribution in [3.8, 4) is 11.3 Å². The Hall–Kier alpha value is -4.17. The van der Waals surface area contributed by atoms with E-state index in [4.69, 9.17) is 27.0 Å². The number of hydrogen-bond donors (Lipinski definition) is 3. The summed E-state index contributed by atoms with van der Waals surface area (Å²) in [5.41, 5.74) is 11.9. The third kappa shape index (κ3) is 5.38. The molecule has 39 heavy (non-hydrogen) atoms. The van der Waals surface area contributed by atoms with E-state index in [-0.39, 0.29) is 45.5 Å². The van der Waals surface area contributed by atoms with E-state index in [1.165, 1.54) is 28.9 Å². The molecule has 4 rings (SSSR count). The number of aromatic nitrogens is 2. The highest BCUT2D eigenvalue weighted by Crippen LogP contribution is 2.36. The van der Waals surface area contributed by atoms with Crippen LogP contribution in [0.25, 0.3) is 11.3 Å². The van der Waals surface area contributed by atoms with E-state index in [9.17, 15) is 27.5 Å². The lowest BCUT2D eigenvalue weighted by molar-refractivity contribution is 0.0540. The number of nitrogens with zero attached hydrogens (tertiary/aromatic N) is 5. The van der Waals surface area contributed by atoms with Crippen LogP contribution in [0.5, 0.6) is 0 Å². The van der Waals surface area contributed by atoms with Gasteiger partial charge in [-0.15, -0.1) is 0 Å². The second-order valence-electron chi connectivity index (χ2n) is 8.87. The molecule has 0 spiro atoms. The Labute approximate surface area is 226 Å². The first kappa shape index (κ1) is 27.9. The molecule has 0 fully saturated rings. The van der Waals surface area contributed by atoms with Crippen LogP contribution in [0.2, 0.25) is 5.02 Å². The molecule has 1 unspecified atom stereocenters. The molecular weight excluding hydrogens is 557 g/mol. The molecule has 2 heterocycles. The van der Waals surface area contributed by atoms with E-state index in [0.29, 0.717) is 0 Å². The first-order valence-corrected chi connectivity index (χ1v) is 13.0. The highest BCUT2D eigenvalue weighted by molar-refractivity contribution is 7.86. The third-order valence-electron chi connectivity index (χ3n) is 6.19. The SMILES string of the molecule is Cc1ccc(S(=O)(=O)OCC2(CN=[N+]=N)CN(C(=O)O)Cc3c(C(N)=O)c(-c4ccc(F)c(Cl)c4)nn32)cc1. The van der Waals surface area contributed by atoms with Crippen LogP contribution >= 0.6 is 11.6 Å². The second kappa shape index (κ2) is 10.5. The van der Waals surface area contributed by atoms with Gasteiger partial charge in [-0.1, -0.05) is 29.3 Å². The smallest absolute Gasteiger partial charge is 0.407 e. The number of nitrogens with one attached hydrogen (secondary N) is 1. The third-order valence-corrected chi connectivity index (χ3v) is 7.76. The molecule has 0 bridgehead atoms. The number of nitrogens with two attached hydrogens (primary N) is 1. The number of benzene rings is 2. The number of rotatable bonds is 8. The van der Waals surface area contributed by atoms with Crippen LogP contribution in [0.3, 0.4) is 0 Å². The molecule has 13 nitrogen and oxygen atoms in total. The van der Waals surface area contributed by atoms with Crippen LogP contribution in [0, 0.1) is 18.3 Å². The predicted octanol–water partition coefficient (Wildman–Crippen LogP) is 2.89. The van der Waals surface area contributed by atoms with Gasteiger partial charge in [0.25, 0.3) is 16.0 Å². The molecule has 3 aromatic rings. The summed E-state index contributed by atoms with van der Waals surface area (Å²) in [4.78, 5) is 28.5. The van der Waals surface area contributed by atoms with Gasteiger partial charge in [0.2, 0.25) is 4.91 Å². The average Bonchev–Trinajstić information content (AvgIpc) is 3.29. The number of halogens is 2. The molecule has 2 aromatic carbocycles. The van der Waals surface area contributed by atoms with Crippen molar-refractivity contribution in [1.82, 2.24) is 19.6 Å². The van der Waals surface area contributed by atoms with Gasteiger partial charge in [0, 0.05) is 5.56 Å². The molecule has 0 saturated heterocycles. The fourth-order valence-electron chi connectivity index (χ4n) is 4.29. The summed E-state index contributed by atoms with van der Waals surface area (Å²) in [6.45, 7) is -0.0912. The topological polar surface area (TPSA) is 195 Å². The predicted molar refractivity (Wildman–Crippen MR) is 134 cm³/mol. The summed E-state index contributed by atoms with van der Waals surface area (Å²) >= 11 is 5.93. The van der Waals surface area contributed by atoms with E-state index < -0.39 is 46.6 Å². The fraction of sp³-hybridized carbons (Fsp3) is 0.261. The first-order valence-electron chi connectivity index (χ1n) is 11.2. The summed E-state index contributed by atoms with van der Waals surface area (Å²) in [7, 11) is -4.34. The van der Waals surface area contributed by atoms with Gasteiger partial charge in [0.05, 0.1) is 40.9 Å². The summed E-state index contributed by atoms with van der Waals surface area (Å²) in [6, 6.07) is 9.45. The van der Waals surface area contributed by atoms with E-state index in [1.54, 1.807) is 19.1 Å². The molecular formula is C23H22ClFN7O6S+. The zero-order valence-electron chi connectivity index (χ0n) is 20.3. The van der Waals surface area contributed by atoms with Gasteiger partial charge < -0.3 is 10.8 Å². The lowest BCUT2D eigenvalue weighted by Gasteiger charge is -2.40. The summed E-state index contributed by atoms with van der Waals surface area (Å²) < 4.78 is 46.4. The van der Waals surface area contributed by atoms with Crippen molar-refractivity contribution in [3.05, 3.63) is 70.1 Å². The Morgan fingerprint density at radius 1 is 1.31 bits per heavy atom. The molecule has 1 atom stereocenters. The number of amides is 2. The second-order valence-corrected chi connectivity index (χ2v) is 10.9. The van der Waals surface area contributed by atoms with Crippen LogP contribution in [0.1, 0.15) is 21.6 Å². The number of primary amides is 1. The van der Waals surface area contributed by atoms with Crippen LogP contribution in [-0.4, -0.2) is 59.9 Å². The minimum Gasteiger partial charge on any atom is -0.465 e. The van der Waals surface area contributed by atoms with Crippen LogP contribution in [0.4, 0.5) is 9.18 Å². The lowest BCUT2D eigenvalue weighted by atomic mass is 9.96. The summed E-state index contributed by atoms with van der Waals surface area (Å²) in [6.07, 6.45) is -1.39. The van der Waals surface area contributed by atoms with Crippen molar-refractivity contribution >= 4 is 33.7 Å². The van der Waals surface area contributed by atoms with Crippen molar-refractivity contribution in [2.24, 2.45) is 10.8 Å². The quantitative estimate of drug-likeness (QED) is 0.207. The number of carbonyl (C=O) groups excluding carboxylic acids is 1. The molecule has 1 aliphatic rings. The molecule has 1 aliphatic heterocycles. The van der Waals surface area contributed by atoms with Gasteiger partial charge >= 0.3 is 6.09 Å². The Morgan fingerprint density at radius 3 is 2.59 bits per heavy atom. The summed E-state index contributed by atoms with van der Waals surface area (Å²) in [5.74, 6) is -1.69. The molecule has 0 radical (unpaired) electrons. The highest BCUT2D eigenvalue weighted by Gasteiger charge is 2.47. The number of carboxylic acid groups (broad SMARTS) is 1. The van der Waals surface area contributed by atoms with Crippen molar-refractivity contribution < 1.29 is 31.7 Å².